The van der Waals surface area contributed by atoms with Crippen LogP contribution in [-0.2, 0) is 15.0 Å². The molecule has 4 saturated carbocycles. The van der Waals surface area contributed by atoms with E-state index in [-0.39, 0.29) is 29.3 Å². The van der Waals surface area contributed by atoms with Gasteiger partial charge in [-0.05, 0) is 79.5 Å². The molecule has 2 aromatic rings. The second-order valence-corrected chi connectivity index (χ2v) is 9.89. The number of amides is 2. The first-order valence-corrected chi connectivity index (χ1v) is 11.0. The van der Waals surface area contributed by atoms with Crippen LogP contribution in [0.5, 0.6) is 5.75 Å². The van der Waals surface area contributed by atoms with E-state index in [9.17, 15) is 9.59 Å². The lowest BCUT2D eigenvalue weighted by Crippen LogP contribution is -2.57. The Balaban J connectivity index is 1.29. The summed E-state index contributed by atoms with van der Waals surface area (Å²) in [5.74, 6) is 1.88. The number of hydrogen-bond acceptors (Lipinski definition) is 3. The van der Waals surface area contributed by atoms with Gasteiger partial charge < -0.3 is 15.4 Å². The van der Waals surface area contributed by atoms with E-state index in [0.717, 1.165) is 19.3 Å². The molecule has 4 fully saturated rings. The number of rotatable bonds is 3. The smallest absolute Gasteiger partial charge is 0.262 e. The number of hydrogen-bond donors (Lipinski definition) is 2. The monoisotopic (exact) mass is 402 g/mol. The molecule has 2 N–H and O–H groups in total. The van der Waals surface area contributed by atoms with Crippen molar-refractivity contribution in [2.75, 3.05) is 17.2 Å². The molecule has 5 nitrogen and oxygen atoms in total. The largest absolute Gasteiger partial charge is 0.482 e. The molecule has 0 saturated heterocycles. The van der Waals surface area contributed by atoms with Gasteiger partial charge in [0.2, 0.25) is 5.91 Å². The van der Waals surface area contributed by atoms with Gasteiger partial charge in [0, 0.05) is 5.69 Å². The van der Waals surface area contributed by atoms with Crippen LogP contribution in [0.1, 0.15) is 44.1 Å². The highest BCUT2D eigenvalue weighted by molar-refractivity contribution is 5.99. The van der Waals surface area contributed by atoms with Crippen LogP contribution in [0.2, 0.25) is 0 Å². The van der Waals surface area contributed by atoms with Crippen molar-refractivity contribution >= 4 is 23.2 Å². The first kappa shape index (κ1) is 18.0. The molecule has 4 bridgehead atoms. The normalized spacial score (nSPS) is 33.4. The number of benzene rings is 2. The minimum Gasteiger partial charge on any atom is -0.482 e. The molecule has 2 atom stereocenters. The molecular weight excluding hydrogens is 376 g/mol. The topological polar surface area (TPSA) is 67.4 Å². The van der Waals surface area contributed by atoms with Crippen molar-refractivity contribution < 1.29 is 14.3 Å². The number of carbonyl (C=O) groups excluding carboxylic acids is 2. The highest BCUT2D eigenvalue weighted by Crippen LogP contribution is 2.66. The van der Waals surface area contributed by atoms with Crippen LogP contribution in [0, 0.1) is 17.3 Å². The molecule has 0 radical (unpaired) electrons. The standard InChI is InChI=1S/C25H26N2O3/c28-22-14-30-21-7-6-19(9-20(21)27-22)26-23(29)25-12-16-8-17(13-25)11-24(10-16,15-25)18-4-2-1-3-5-18/h1-7,9,16-17H,8,10-15H2,(H,26,29)(H,27,28). The average molecular weight is 402 g/mol. The molecule has 2 amide bonds. The van der Waals surface area contributed by atoms with Gasteiger partial charge in [0.1, 0.15) is 5.75 Å². The molecule has 154 valence electrons. The van der Waals surface area contributed by atoms with Crippen molar-refractivity contribution in [3.8, 4) is 5.75 Å². The predicted octanol–water partition coefficient (Wildman–Crippen LogP) is 4.49. The number of carbonyl (C=O) groups is 2. The Bertz CT molecular complexity index is 1020. The van der Waals surface area contributed by atoms with E-state index in [4.69, 9.17) is 4.74 Å². The SMILES string of the molecule is O=C1COc2ccc(NC(=O)C34CC5CC(C3)CC(c3ccccc3)(C5)C4)cc2N1. The van der Waals surface area contributed by atoms with Gasteiger partial charge in [-0.1, -0.05) is 30.3 Å². The molecule has 30 heavy (non-hydrogen) atoms. The quantitative estimate of drug-likeness (QED) is 0.795. The number of nitrogens with one attached hydrogen (secondary N) is 2. The zero-order chi connectivity index (χ0) is 20.3. The predicted molar refractivity (Wildman–Crippen MR) is 114 cm³/mol. The Kier molecular flexibility index (Phi) is 3.80. The minimum absolute atomic E-state index is 0.0339. The Hall–Kier alpha value is -2.82. The first-order valence-electron chi connectivity index (χ1n) is 11.0. The van der Waals surface area contributed by atoms with E-state index in [0.29, 0.717) is 29.0 Å². The fraction of sp³-hybridized carbons (Fsp3) is 0.440. The third-order valence-electron chi connectivity index (χ3n) is 7.80. The molecule has 4 aliphatic carbocycles. The highest BCUT2D eigenvalue weighted by Gasteiger charge is 2.60. The Morgan fingerprint density at radius 2 is 1.80 bits per heavy atom. The summed E-state index contributed by atoms with van der Waals surface area (Å²) in [6, 6.07) is 16.3. The second-order valence-electron chi connectivity index (χ2n) is 9.89. The maximum atomic E-state index is 13.6. The summed E-state index contributed by atoms with van der Waals surface area (Å²) in [7, 11) is 0. The van der Waals surface area contributed by atoms with Crippen LogP contribution in [-0.4, -0.2) is 18.4 Å². The van der Waals surface area contributed by atoms with Crippen LogP contribution >= 0.6 is 0 Å². The van der Waals surface area contributed by atoms with Crippen LogP contribution in [0.25, 0.3) is 0 Å². The molecule has 0 aromatic heterocycles. The van der Waals surface area contributed by atoms with Gasteiger partial charge in [0.05, 0.1) is 11.1 Å². The maximum absolute atomic E-state index is 13.6. The van der Waals surface area contributed by atoms with Gasteiger partial charge in [0.25, 0.3) is 5.91 Å². The summed E-state index contributed by atoms with van der Waals surface area (Å²) in [6.07, 6.45) is 6.62. The van der Waals surface area contributed by atoms with Crippen molar-refractivity contribution in [1.29, 1.82) is 0 Å². The molecule has 7 rings (SSSR count). The van der Waals surface area contributed by atoms with Crippen LogP contribution in [0.15, 0.2) is 48.5 Å². The third kappa shape index (κ3) is 2.75. The second kappa shape index (κ2) is 6.34. The van der Waals surface area contributed by atoms with E-state index < -0.39 is 0 Å². The molecule has 5 aliphatic rings. The fourth-order valence-electron chi connectivity index (χ4n) is 7.08. The number of ether oxygens (including phenoxy) is 1. The van der Waals surface area contributed by atoms with E-state index in [2.05, 4.69) is 41.0 Å². The zero-order valence-corrected chi connectivity index (χ0v) is 16.9. The summed E-state index contributed by atoms with van der Waals surface area (Å²) >= 11 is 0. The Morgan fingerprint density at radius 3 is 2.57 bits per heavy atom. The molecule has 2 aromatic carbocycles. The molecule has 5 heteroatoms. The van der Waals surface area contributed by atoms with Crippen molar-refractivity contribution in [3.05, 3.63) is 54.1 Å². The van der Waals surface area contributed by atoms with Crippen LogP contribution in [0.3, 0.4) is 0 Å². The fourth-order valence-corrected chi connectivity index (χ4v) is 7.08. The molecule has 1 heterocycles. The van der Waals surface area contributed by atoms with Crippen LogP contribution in [0.4, 0.5) is 11.4 Å². The lowest BCUT2D eigenvalue weighted by Gasteiger charge is -2.61. The van der Waals surface area contributed by atoms with E-state index in [1.54, 1.807) is 6.07 Å². The summed E-state index contributed by atoms with van der Waals surface area (Å²) in [5, 5.41) is 6.01. The van der Waals surface area contributed by atoms with E-state index in [1.807, 2.05) is 12.1 Å². The average Bonchev–Trinajstić information content (AvgIpc) is 2.73. The van der Waals surface area contributed by atoms with Gasteiger partial charge in [-0.2, -0.15) is 0 Å². The Morgan fingerprint density at radius 1 is 1.03 bits per heavy atom. The number of anilines is 2. The maximum Gasteiger partial charge on any atom is 0.262 e. The lowest BCUT2D eigenvalue weighted by atomic mass is 9.42. The highest BCUT2D eigenvalue weighted by atomic mass is 16.5. The van der Waals surface area contributed by atoms with Crippen molar-refractivity contribution in [2.45, 2.75) is 43.9 Å². The van der Waals surface area contributed by atoms with E-state index >= 15 is 0 Å². The molecule has 2 unspecified atom stereocenters. The first-order chi connectivity index (χ1) is 14.5. The zero-order valence-electron chi connectivity index (χ0n) is 16.9. The number of fused-ring (bicyclic) bond motifs is 1. The van der Waals surface area contributed by atoms with Gasteiger partial charge in [-0.3, -0.25) is 9.59 Å². The van der Waals surface area contributed by atoms with Gasteiger partial charge in [0.15, 0.2) is 6.61 Å². The molecule has 1 aliphatic heterocycles. The van der Waals surface area contributed by atoms with Gasteiger partial charge >= 0.3 is 0 Å². The summed E-state index contributed by atoms with van der Waals surface area (Å²) in [4.78, 5) is 25.3. The minimum atomic E-state index is -0.296. The summed E-state index contributed by atoms with van der Waals surface area (Å²) in [5.41, 5.74) is 2.59. The molecular formula is C25H26N2O3. The molecule has 0 spiro atoms. The lowest BCUT2D eigenvalue weighted by molar-refractivity contribution is -0.143. The van der Waals surface area contributed by atoms with Crippen molar-refractivity contribution in [3.63, 3.8) is 0 Å². The van der Waals surface area contributed by atoms with Crippen LogP contribution < -0.4 is 15.4 Å². The summed E-state index contributed by atoms with van der Waals surface area (Å²) in [6.45, 7) is 0.0339. The summed E-state index contributed by atoms with van der Waals surface area (Å²) < 4.78 is 5.43. The third-order valence-corrected chi connectivity index (χ3v) is 7.80. The van der Waals surface area contributed by atoms with Crippen molar-refractivity contribution in [2.24, 2.45) is 17.3 Å². The Labute approximate surface area is 176 Å². The van der Waals surface area contributed by atoms with Gasteiger partial charge in [-0.25, -0.2) is 0 Å². The van der Waals surface area contributed by atoms with E-state index in [1.165, 1.54) is 24.8 Å². The van der Waals surface area contributed by atoms with Gasteiger partial charge in [-0.15, -0.1) is 0 Å². The van der Waals surface area contributed by atoms with Crippen molar-refractivity contribution in [1.82, 2.24) is 0 Å².